The summed E-state index contributed by atoms with van der Waals surface area (Å²) in [7, 11) is 0. The quantitative estimate of drug-likeness (QED) is 0.754. The van der Waals surface area contributed by atoms with Crippen LogP contribution in [-0.2, 0) is 0 Å². The second-order valence-electron chi connectivity index (χ2n) is 4.07. The summed E-state index contributed by atoms with van der Waals surface area (Å²) >= 11 is 1.54. The van der Waals surface area contributed by atoms with Crippen molar-refractivity contribution in [1.82, 2.24) is 10.3 Å². The average molecular weight is 210 g/mol. The molecule has 0 aromatic carbocycles. The molecule has 1 saturated heterocycles. The Balaban J connectivity index is 2.23. The second kappa shape index (κ2) is 3.44. The van der Waals surface area contributed by atoms with E-state index in [-0.39, 0.29) is 11.2 Å². The van der Waals surface area contributed by atoms with Crippen LogP contribution in [0, 0.1) is 12.3 Å². The lowest BCUT2D eigenvalue weighted by Gasteiger charge is -2.18. The van der Waals surface area contributed by atoms with Gasteiger partial charge in [0, 0.05) is 17.3 Å². The lowest BCUT2D eigenvalue weighted by Crippen LogP contribution is -2.30. The number of rotatable bonds is 2. The van der Waals surface area contributed by atoms with Gasteiger partial charge in [-0.15, -0.1) is 11.3 Å². The standard InChI is InChI=1S/C10H14N2OS/c1-7-12-8(5-14-7)9(13)10(2)3-4-11-6-10/h5,11H,3-4,6H2,1-2H3. The molecule has 0 bridgehead atoms. The number of nitrogens with one attached hydrogen (secondary N) is 1. The van der Waals surface area contributed by atoms with E-state index in [0.29, 0.717) is 5.69 Å². The zero-order chi connectivity index (χ0) is 10.2. The first-order valence-electron chi connectivity index (χ1n) is 4.79. The number of carbonyl (C=O) groups is 1. The molecule has 1 aliphatic rings. The summed E-state index contributed by atoms with van der Waals surface area (Å²) in [4.78, 5) is 16.3. The van der Waals surface area contributed by atoms with Crippen LogP contribution >= 0.6 is 11.3 Å². The van der Waals surface area contributed by atoms with E-state index in [1.807, 2.05) is 19.2 Å². The van der Waals surface area contributed by atoms with Crippen LogP contribution < -0.4 is 5.32 Å². The first-order valence-corrected chi connectivity index (χ1v) is 5.67. The molecule has 0 spiro atoms. The molecule has 1 atom stereocenters. The summed E-state index contributed by atoms with van der Waals surface area (Å²) in [5.74, 6) is 0.187. The summed E-state index contributed by atoms with van der Waals surface area (Å²) in [6.45, 7) is 5.66. The minimum atomic E-state index is -0.236. The van der Waals surface area contributed by atoms with Crippen molar-refractivity contribution < 1.29 is 4.79 Å². The number of carbonyl (C=O) groups excluding carboxylic acids is 1. The number of Topliss-reactive ketones (excluding diaryl/α,β-unsaturated/α-hetero) is 1. The first-order chi connectivity index (χ1) is 6.62. The molecule has 2 heterocycles. The lowest BCUT2D eigenvalue weighted by atomic mass is 9.84. The topological polar surface area (TPSA) is 42.0 Å². The van der Waals surface area contributed by atoms with E-state index in [4.69, 9.17) is 0 Å². The van der Waals surface area contributed by atoms with Crippen molar-refractivity contribution in [3.8, 4) is 0 Å². The van der Waals surface area contributed by atoms with Crippen molar-refractivity contribution in [2.45, 2.75) is 20.3 Å². The van der Waals surface area contributed by atoms with Gasteiger partial charge >= 0.3 is 0 Å². The third kappa shape index (κ3) is 1.60. The zero-order valence-electron chi connectivity index (χ0n) is 8.46. The van der Waals surface area contributed by atoms with Crippen LogP contribution in [0.15, 0.2) is 5.38 Å². The Bertz CT molecular complexity index is 353. The van der Waals surface area contributed by atoms with E-state index in [1.165, 1.54) is 11.3 Å². The summed E-state index contributed by atoms with van der Waals surface area (Å²) < 4.78 is 0. The molecular formula is C10H14N2OS. The van der Waals surface area contributed by atoms with Crippen molar-refractivity contribution in [3.05, 3.63) is 16.1 Å². The Morgan fingerprint density at radius 1 is 1.71 bits per heavy atom. The Kier molecular flexibility index (Phi) is 2.41. The van der Waals surface area contributed by atoms with Crippen LogP contribution in [0.25, 0.3) is 0 Å². The molecule has 0 saturated carbocycles. The third-order valence-electron chi connectivity index (χ3n) is 2.77. The van der Waals surface area contributed by atoms with Gasteiger partial charge in [-0.2, -0.15) is 0 Å². The molecule has 1 unspecified atom stereocenters. The van der Waals surface area contributed by atoms with Gasteiger partial charge in [-0.3, -0.25) is 4.79 Å². The van der Waals surface area contributed by atoms with Gasteiger partial charge < -0.3 is 5.32 Å². The largest absolute Gasteiger partial charge is 0.316 e. The van der Waals surface area contributed by atoms with Gasteiger partial charge in [0.1, 0.15) is 5.69 Å². The van der Waals surface area contributed by atoms with Crippen LogP contribution in [-0.4, -0.2) is 23.9 Å². The summed E-state index contributed by atoms with van der Waals surface area (Å²) in [5, 5.41) is 6.05. The number of thiazole rings is 1. The van der Waals surface area contributed by atoms with E-state index >= 15 is 0 Å². The summed E-state index contributed by atoms with van der Waals surface area (Å²) in [6.07, 6.45) is 0.919. The van der Waals surface area contributed by atoms with Crippen LogP contribution in [0.1, 0.15) is 28.8 Å². The van der Waals surface area contributed by atoms with Gasteiger partial charge in [-0.1, -0.05) is 6.92 Å². The fraction of sp³-hybridized carbons (Fsp3) is 0.600. The molecule has 4 heteroatoms. The zero-order valence-corrected chi connectivity index (χ0v) is 9.28. The molecule has 14 heavy (non-hydrogen) atoms. The molecule has 3 nitrogen and oxygen atoms in total. The van der Waals surface area contributed by atoms with E-state index in [1.54, 1.807) is 0 Å². The van der Waals surface area contributed by atoms with E-state index < -0.39 is 0 Å². The smallest absolute Gasteiger partial charge is 0.189 e. The fourth-order valence-corrected chi connectivity index (χ4v) is 2.38. The van der Waals surface area contributed by atoms with Gasteiger partial charge in [0.2, 0.25) is 0 Å². The molecule has 76 valence electrons. The fourth-order valence-electron chi connectivity index (χ4n) is 1.79. The predicted molar refractivity (Wildman–Crippen MR) is 56.8 cm³/mol. The highest BCUT2D eigenvalue weighted by Gasteiger charge is 2.37. The first kappa shape index (κ1) is 9.80. The monoisotopic (exact) mass is 210 g/mol. The Hall–Kier alpha value is -0.740. The Labute approximate surface area is 87.6 Å². The second-order valence-corrected chi connectivity index (χ2v) is 5.13. The summed E-state index contributed by atoms with van der Waals surface area (Å²) in [5.41, 5.74) is 0.402. The van der Waals surface area contributed by atoms with Gasteiger partial charge in [0.05, 0.1) is 5.01 Å². The van der Waals surface area contributed by atoms with Crippen LogP contribution in [0.2, 0.25) is 0 Å². The van der Waals surface area contributed by atoms with Crippen molar-refractivity contribution in [3.63, 3.8) is 0 Å². The van der Waals surface area contributed by atoms with Crippen molar-refractivity contribution in [2.24, 2.45) is 5.41 Å². The highest BCUT2D eigenvalue weighted by atomic mass is 32.1. The number of hydrogen-bond acceptors (Lipinski definition) is 4. The van der Waals surface area contributed by atoms with Gasteiger partial charge in [0.15, 0.2) is 5.78 Å². The van der Waals surface area contributed by atoms with Crippen LogP contribution in [0.5, 0.6) is 0 Å². The van der Waals surface area contributed by atoms with Gasteiger partial charge in [-0.05, 0) is 19.9 Å². The molecule has 0 radical (unpaired) electrons. The molecule has 2 rings (SSSR count). The number of aromatic nitrogens is 1. The van der Waals surface area contributed by atoms with Crippen molar-refractivity contribution in [1.29, 1.82) is 0 Å². The third-order valence-corrected chi connectivity index (χ3v) is 3.54. The predicted octanol–water partition coefficient (Wildman–Crippen LogP) is 1.63. The molecule has 0 aliphatic carbocycles. The molecular weight excluding hydrogens is 196 g/mol. The molecule has 1 N–H and O–H groups in total. The van der Waals surface area contributed by atoms with Gasteiger partial charge in [-0.25, -0.2) is 4.98 Å². The van der Waals surface area contributed by atoms with Gasteiger partial charge in [0.25, 0.3) is 0 Å². The maximum Gasteiger partial charge on any atom is 0.189 e. The Morgan fingerprint density at radius 3 is 3.00 bits per heavy atom. The normalized spacial score (nSPS) is 26.7. The Morgan fingerprint density at radius 2 is 2.50 bits per heavy atom. The molecule has 1 aliphatic heterocycles. The number of hydrogen-bond donors (Lipinski definition) is 1. The van der Waals surface area contributed by atoms with E-state index in [0.717, 1.165) is 24.5 Å². The lowest BCUT2D eigenvalue weighted by molar-refractivity contribution is 0.0834. The maximum atomic E-state index is 12.1. The number of ketones is 1. The molecule has 1 fully saturated rings. The highest BCUT2D eigenvalue weighted by Crippen LogP contribution is 2.29. The molecule has 1 aromatic rings. The number of aryl methyl sites for hydroxylation is 1. The van der Waals surface area contributed by atoms with Crippen LogP contribution in [0.4, 0.5) is 0 Å². The number of nitrogens with zero attached hydrogens (tertiary/aromatic N) is 1. The summed E-state index contributed by atoms with van der Waals surface area (Å²) in [6, 6.07) is 0. The van der Waals surface area contributed by atoms with Crippen LogP contribution in [0.3, 0.4) is 0 Å². The van der Waals surface area contributed by atoms with Crippen molar-refractivity contribution in [2.75, 3.05) is 13.1 Å². The average Bonchev–Trinajstić information content (AvgIpc) is 2.74. The van der Waals surface area contributed by atoms with E-state index in [9.17, 15) is 4.79 Å². The SMILES string of the molecule is Cc1nc(C(=O)C2(C)CCNC2)cs1. The highest BCUT2D eigenvalue weighted by molar-refractivity contribution is 7.09. The molecule has 1 aromatic heterocycles. The minimum absolute atomic E-state index is 0.187. The molecule has 0 amide bonds. The minimum Gasteiger partial charge on any atom is -0.316 e. The van der Waals surface area contributed by atoms with E-state index in [2.05, 4.69) is 10.3 Å². The maximum absolute atomic E-state index is 12.1. The van der Waals surface area contributed by atoms with Crippen molar-refractivity contribution >= 4 is 17.1 Å².